The molecule has 1 aromatic carbocycles. The van der Waals surface area contributed by atoms with Gasteiger partial charge in [0.25, 0.3) is 5.91 Å². The molecule has 1 atom stereocenters. The Morgan fingerprint density at radius 1 is 1.16 bits per heavy atom. The number of halogens is 1. The Morgan fingerprint density at radius 3 is 2.52 bits per heavy atom. The van der Waals surface area contributed by atoms with Gasteiger partial charge in [-0.1, -0.05) is 6.92 Å². The molecule has 0 bridgehead atoms. The predicted molar refractivity (Wildman–Crippen MR) is 91.4 cm³/mol. The van der Waals surface area contributed by atoms with Crippen LogP contribution in [0.5, 0.6) is 0 Å². The highest BCUT2D eigenvalue weighted by atomic mass is 19.1. The summed E-state index contributed by atoms with van der Waals surface area (Å²) in [4.78, 5) is 37.8. The van der Waals surface area contributed by atoms with Crippen molar-refractivity contribution in [1.82, 2.24) is 15.5 Å². The second-order valence-electron chi connectivity index (χ2n) is 6.05. The molecular formula is C18H24FN3O3. The van der Waals surface area contributed by atoms with E-state index in [9.17, 15) is 18.8 Å². The zero-order valence-electron chi connectivity index (χ0n) is 14.4. The third-order valence-electron chi connectivity index (χ3n) is 4.16. The van der Waals surface area contributed by atoms with Crippen LogP contribution in [-0.4, -0.2) is 48.3 Å². The Kier molecular flexibility index (Phi) is 6.91. The van der Waals surface area contributed by atoms with Crippen molar-refractivity contribution in [1.29, 1.82) is 0 Å². The first-order chi connectivity index (χ1) is 12.0. The molecule has 0 saturated carbocycles. The van der Waals surface area contributed by atoms with Gasteiger partial charge in [-0.05, 0) is 43.5 Å². The van der Waals surface area contributed by atoms with Gasteiger partial charge in [-0.15, -0.1) is 0 Å². The van der Waals surface area contributed by atoms with Crippen molar-refractivity contribution >= 4 is 17.7 Å². The standard InChI is InChI=1S/C18H24FN3O3/c1-2-4-16(23)22-12-3-5-15(22)18(25)21-11-10-20-17(24)13-6-8-14(19)9-7-13/h6-9,15H,2-5,10-12H2,1H3,(H,20,24)(H,21,25)/t15-/m0/s1. The van der Waals surface area contributed by atoms with E-state index in [2.05, 4.69) is 10.6 Å². The Labute approximate surface area is 146 Å². The van der Waals surface area contributed by atoms with Crippen molar-refractivity contribution in [3.05, 3.63) is 35.6 Å². The molecular weight excluding hydrogens is 325 g/mol. The molecule has 1 aliphatic rings. The molecule has 1 fully saturated rings. The Balaban J connectivity index is 1.73. The minimum Gasteiger partial charge on any atom is -0.353 e. The summed E-state index contributed by atoms with van der Waals surface area (Å²) in [6.07, 6.45) is 2.72. The fourth-order valence-electron chi connectivity index (χ4n) is 2.88. The van der Waals surface area contributed by atoms with Crippen LogP contribution in [0.15, 0.2) is 24.3 Å². The minimum atomic E-state index is -0.410. The molecule has 1 aromatic rings. The maximum Gasteiger partial charge on any atom is 0.251 e. The van der Waals surface area contributed by atoms with Crippen LogP contribution in [-0.2, 0) is 9.59 Å². The van der Waals surface area contributed by atoms with Gasteiger partial charge in [-0.25, -0.2) is 4.39 Å². The molecule has 0 aromatic heterocycles. The van der Waals surface area contributed by atoms with Gasteiger partial charge in [0.15, 0.2) is 0 Å². The summed E-state index contributed by atoms with van der Waals surface area (Å²) in [5, 5.41) is 5.42. The van der Waals surface area contributed by atoms with Gasteiger partial charge < -0.3 is 15.5 Å². The van der Waals surface area contributed by atoms with E-state index in [1.54, 1.807) is 4.90 Å². The zero-order valence-corrected chi connectivity index (χ0v) is 14.4. The van der Waals surface area contributed by atoms with Crippen molar-refractivity contribution < 1.29 is 18.8 Å². The van der Waals surface area contributed by atoms with Gasteiger partial charge in [-0.2, -0.15) is 0 Å². The van der Waals surface area contributed by atoms with Crippen molar-refractivity contribution in [3.8, 4) is 0 Å². The third kappa shape index (κ3) is 5.27. The van der Waals surface area contributed by atoms with E-state index >= 15 is 0 Å². The van der Waals surface area contributed by atoms with E-state index < -0.39 is 11.9 Å². The molecule has 0 aliphatic carbocycles. The van der Waals surface area contributed by atoms with E-state index in [-0.39, 0.29) is 30.8 Å². The fourth-order valence-corrected chi connectivity index (χ4v) is 2.88. The van der Waals surface area contributed by atoms with E-state index in [1.807, 2.05) is 6.92 Å². The van der Waals surface area contributed by atoms with Crippen LogP contribution in [0.4, 0.5) is 4.39 Å². The lowest BCUT2D eigenvalue weighted by Crippen LogP contribution is -2.47. The zero-order chi connectivity index (χ0) is 18.2. The second-order valence-corrected chi connectivity index (χ2v) is 6.05. The molecule has 1 heterocycles. The van der Waals surface area contributed by atoms with Gasteiger partial charge in [0, 0.05) is 31.6 Å². The molecule has 0 radical (unpaired) electrons. The van der Waals surface area contributed by atoms with Gasteiger partial charge in [0.2, 0.25) is 11.8 Å². The number of benzene rings is 1. The highest BCUT2D eigenvalue weighted by Crippen LogP contribution is 2.18. The fraction of sp³-hybridized carbons (Fsp3) is 0.500. The number of amides is 3. The number of nitrogens with zero attached hydrogens (tertiary/aromatic N) is 1. The van der Waals surface area contributed by atoms with E-state index in [0.29, 0.717) is 24.9 Å². The average Bonchev–Trinajstić information content (AvgIpc) is 3.09. The summed E-state index contributed by atoms with van der Waals surface area (Å²) in [6, 6.07) is 4.84. The summed E-state index contributed by atoms with van der Waals surface area (Å²) in [6.45, 7) is 3.10. The lowest BCUT2D eigenvalue weighted by atomic mass is 10.2. The van der Waals surface area contributed by atoms with E-state index in [1.165, 1.54) is 24.3 Å². The summed E-state index contributed by atoms with van der Waals surface area (Å²) in [7, 11) is 0. The van der Waals surface area contributed by atoms with Crippen LogP contribution in [0.25, 0.3) is 0 Å². The lowest BCUT2D eigenvalue weighted by Gasteiger charge is -2.23. The molecule has 0 spiro atoms. The van der Waals surface area contributed by atoms with Crippen LogP contribution in [0.1, 0.15) is 43.0 Å². The summed E-state index contributed by atoms with van der Waals surface area (Å²) in [5.41, 5.74) is 0.361. The van der Waals surface area contributed by atoms with Gasteiger partial charge in [0.05, 0.1) is 0 Å². The number of carbonyl (C=O) groups is 3. The van der Waals surface area contributed by atoms with Crippen LogP contribution in [0, 0.1) is 5.82 Å². The first-order valence-electron chi connectivity index (χ1n) is 8.64. The smallest absolute Gasteiger partial charge is 0.251 e. The van der Waals surface area contributed by atoms with Crippen LogP contribution in [0.2, 0.25) is 0 Å². The number of hydrogen-bond donors (Lipinski definition) is 2. The first-order valence-corrected chi connectivity index (χ1v) is 8.64. The first kappa shape index (κ1) is 18.9. The van der Waals surface area contributed by atoms with Crippen molar-refractivity contribution in [2.45, 2.75) is 38.6 Å². The molecule has 3 amide bonds. The lowest BCUT2D eigenvalue weighted by molar-refractivity contribution is -0.138. The maximum absolute atomic E-state index is 12.8. The normalized spacial score (nSPS) is 16.6. The van der Waals surface area contributed by atoms with Crippen molar-refractivity contribution in [2.24, 2.45) is 0 Å². The Bertz CT molecular complexity index is 618. The van der Waals surface area contributed by atoms with Gasteiger partial charge in [0.1, 0.15) is 11.9 Å². The SMILES string of the molecule is CCCC(=O)N1CCC[C@H]1C(=O)NCCNC(=O)c1ccc(F)cc1. The Morgan fingerprint density at radius 2 is 1.84 bits per heavy atom. The molecule has 7 heteroatoms. The topological polar surface area (TPSA) is 78.5 Å². The molecule has 2 N–H and O–H groups in total. The number of likely N-dealkylation sites (tertiary alicyclic amines) is 1. The number of rotatable bonds is 7. The highest BCUT2D eigenvalue weighted by Gasteiger charge is 2.33. The highest BCUT2D eigenvalue weighted by molar-refractivity contribution is 5.94. The number of carbonyl (C=O) groups excluding carboxylic acids is 3. The summed E-state index contributed by atoms with van der Waals surface area (Å²) in [5.74, 6) is -0.889. The number of nitrogens with one attached hydrogen (secondary N) is 2. The van der Waals surface area contributed by atoms with Crippen LogP contribution < -0.4 is 10.6 Å². The van der Waals surface area contributed by atoms with Gasteiger partial charge in [-0.3, -0.25) is 14.4 Å². The average molecular weight is 349 g/mol. The maximum atomic E-state index is 12.8. The Hall–Kier alpha value is -2.44. The molecule has 1 aliphatic heterocycles. The van der Waals surface area contributed by atoms with Gasteiger partial charge >= 0.3 is 0 Å². The minimum absolute atomic E-state index is 0.0183. The summed E-state index contributed by atoms with van der Waals surface area (Å²) < 4.78 is 12.8. The molecule has 0 unspecified atom stereocenters. The third-order valence-corrected chi connectivity index (χ3v) is 4.16. The van der Waals surface area contributed by atoms with Crippen molar-refractivity contribution in [2.75, 3.05) is 19.6 Å². The predicted octanol–water partition coefficient (Wildman–Crippen LogP) is 1.46. The second kappa shape index (κ2) is 9.15. The molecule has 2 rings (SSSR count). The summed E-state index contributed by atoms with van der Waals surface area (Å²) >= 11 is 0. The number of hydrogen-bond acceptors (Lipinski definition) is 3. The molecule has 25 heavy (non-hydrogen) atoms. The van der Waals surface area contributed by atoms with E-state index in [4.69, 9.17) is 0 Å². The molecule has 136 valence electrons. The molecule has 6 nitrogen and oxygen atoms in total. The van der Waals surface area contributed by atoms with Crippen molar-refractivity contribution in [3.63, 3.8) is 0 Å². The van der Waals surface area contributed by atoms with Crippen LogP contribution in [0.3, 0.4) is 0 Å². The monoisotopic (exact) mass is 349 g/mol. The van der Waals surface area contributed by atoms with E-state index in [0.717, 1.165) is 12.8 Å². The van der Waals surface area contributed by atoms with Crippen LogP contribution >= 0.6 is 0 Å². The quantitative estimate of drug-likeness (QED) is 0.732. The largest absolute Gasteiger partial charge is 0.353 e. The molecule has 1 saturated heterocycles.